The fourth-order valence-corrected chi connectivity index (χ4v) is 7.00. The van der Waals surface area contributed by atoms with E-state index in [0.29, 0.717) is 12.1 Å². The third kappa shape index (κ3) is 8.01. The number of benzene rings is 3. The maximum absolute atomic E-state index is 14.1. The van der Waals surface area contributed by atoms with Crippen LogP contribution >= 0.6 is 11.8 Å². The molecule has 0 aliphatic carbocycles. The Morgan fingerprint density at radius 2 is 1.67 bits per heavy atom. The first-order valence-electron chi connectivity index (χ1n) is 15.9. The number of fused-ring (bicyclic) bond motifs is 1. The van der Waals surface area contributed by atoms with Crippen molar-refractivity contribution in [2.75, 3.05) is 31.3 Å². The maximum atomic E-state index is 14.1. The van der Waals surface area contributed by atoms with Gasteiger partial charge in [-0.2, -0.15) is 5.10 Å². The van der Waals surface area contributed by atoms with Crippen LogP contribution in [0.25, 0.3) is 11.0 Å². The Morgan fingerprint density at radius 1 is 0.979 bits per heavy atom. The first-order valence-corrected chi connectivity index (χ1v) is 16.9. The Balaban J connectivity index is 1.13. The minimum absolute atomic E-state index is 0.00574. The molecule has 5 aromatic rings. The molecular weight excluding hydrogens is 627 g/mol. The first kappa shape index (κ1) is 33.1. The van der Waals surface area contributed by atoms with Crippen LogP contribution < -0.4 is 16.0 Å². The predicted octanol–water partition coefficient (Wildman–Crippen LogP) is 4.94. The summed E-state index contributed by atoms with van der Waals surface area (Å²) in [6.07, 6.45) is 4.17. The van der Waals surface area contributed by atoms with Crippen molar-refractivity contribution in [2.45, 2.75) is 42.0 Å². The second kappa shape index (κ2) is 15.9. The highest BCUT2D eigenvalue weighted by atomic mass is 32.2. The SMILES string of the molecule is COC(=O)N[C@H](C(=O)Nc1ccccc1CC[C@@H]1CNCC(CSc2ncnc3c2cnn3C)O1)C(c1ccccc1)c1ccccc1. The number of aromatic nitrogens is 4. The maximum Gasteiger partial charge on any atom is 0.407 e. The molecule has 2 amide bonds. The van der Waals surface area contributed by atoms with Crippen molar-refractivity contribution < 1.29 is 19.1 Å². The normalized spacial score (nSPS) is 16.8. The van der Waals surface area contributed by atoms with Gasteiger partial charge < -0.3 is 25.4 Å². The number of aryl methyl sites for hydroxylation is 2. The van der Waals surface area contributed by atoms with Crippen molar-refractivity contribution in [2.24, 2.45) is 7.05 Å². The molecule has 1 saturated heterocycles. The molecule has 48 heavy (non-hydrogen) atoms. The lowest BCUT2D eigenvalue weighted by Crippen LogP contribution is -2.48. The molecule has 1 aliphatic rings. The highest BCUT2D eigenvalue weighted by Crippen LogP contribution is 2.30. The van der Waals surface area contributed by atoms with Crippen molar-refractivity contribution >= 4 is 40.5 Å². The summed E-state index contributed by atoms with van der Waals surface area (Å²) in [7, 11) is 3.16. The number of carbonyl (C=O) groups excluding carboxylic acids is 2. The highest BCUT2D eigenvalue weighted by Gasteiger charge is 2.33. The Morgan fingerprint density at radius 3 is 2.40 bits per heavy atom. The largest absolute Gasteiger partial charge is 0.453 e. The topological polar surface area (TPSA) is 132 Å². The summed E-state index contributed by atoms with van der Waals surface area (Å²) in [5.74, 6) is -0.0483. The quantitative estimate of drug-likeness (QED) is 0.125. The average Bonchev–Trinajstić information content (AvgIpc) is 3.52. The molecule has 0 bridgehead atoms. The van der Waals surface area contributed by atoms with Gasteiger partial charge in [0.1, 0.15) is 17.4 Å². The highest BCUT2D eigenvalue weighted by molar-refractivity contribution is 7.99. The van der Waals surface area contributed by atoms with Gasteiger partial charge >= 0.3 is 6.09 Å². The average molecular weight is 666 g/mol. The summed E-state index contributed by atoms with van der Waals surface area (Å²) in [5, 5.41) is 15.6. The number of nitrogens with one attached hydrogen (secondary N) is 3. The van der Waals surface area contributed by atoms with Crippen molar-refractivity contribution in [3.8, 4) is 0 Å². The molecule has 2 aromatic heterocycles. The van der Waals surface area contributed by atoms with Crippen LogP contribution in [0.3, 0.4) is 0 Å². The molecule has 3 aromatic carbocycles. The van der Waals surface area contributed by atoms with E-state index in [0.717, 1.165) is 58.0 Å². The van der Waals surface area contributed by atoms with Crippen LogP contribution in [-0.2, 0) is 27.7 Å². The second-order valence-electron chi connectivity index (χ2n) is 11.6. The minimum Gasteiger partial charge on any atom is -0.453 e. The minimum atomic E-state index is -0.942. The second-order valence-corrected chi connectivity index (χ2v) is 12.6. The monoisotopic (exact) mass is 665 g/mol. The van der Waals surface area contributed by atoms with E-state index in [9.17, 15) is 9.59 Å². The molecule has 3 atom stereocenters. The van der Waals surface area contributed by atoms with Crippen LogP contribution in [0.2, 0.25) is 0 Å². The number of nitrogens with zero attached hydrogens (tertiary/aromatic N) is 4. The number of alkyl carbamates (subject to hydrolysis) is 1. The van der Waals surface area contributed by atoms with Crippen LogP contribution in [0, 0.1) is 0 Å². The molecule has 0 saturated carbocycles. The molecule has 0 radical (unpaired) electrons. The number of rotatable bonds is 12. The number of amides is 2. The summed E-state index contributed by atoms with van der Waals surface area (Å²) < 4.78 is 13.2. The Kier molecular flexibility index (Phi) is 11.0. The third-order valence-corrected chi connectivity index (χ3v) is 9.57. The lowest BCUT2D eigenvalue weighted by atomic mass is 9.84. The molecule has 11 nitrogen and oxygen atoms in total. The number of thioether (sulfide) groups is 1. The number of methoxy groups -OCH3 is 1. The molecule has 6 rings (SSSR count). The van der Waals surface area contributed by atoms with Gasteiger partial charge in [-0.25, -0.2) is 14.8 Å². The van der Waals surface area contributed by atoms with Gasteiger partial charge in [0.25, 0.3) is 0 Å². The summed E-state index contributed by atoms with van der Waals surface area (Å²) in [6, 6.07) is 26.2. The zero-order valence-electron chi connectivity index (χ0n) is 26.9. The van der Waals surface area contributed by atoms with Gasteiger partial charge in [0.2, 0.25) is 5.91 Å². The van der Waals surface area contributed by atoms with Gasteiger partial charge in [-0.05, 0) is 35.6 Å². The standard InChI is InChI=1S/C36H39N7O4S/c1-43-33-29(21-40-43)35(39-23-38-33)48-22-28-20-37-19-27(47-28)18-17-24-11-9-10-16-30(24)41-34(44)32(42-36(45)46-2)31(25-12-5-3-6-13-25)26-14-7-4-8-15-26/h3-16,21,23,27-28,31-32,37H,17-20,22H2,1-2H3,(H,41,44)(H,42,45)/t27-,28?,32+/m1/s1. The number of anilines is 1. The van der Waals surface area contributed by atoms with Gasteiger partial charge in [-0.15, -0.1) is 11.8 Å². The van der Waals surface area contributed by atoms with Crippen molar-refractivity contribution in [3.05, 3.63) is 114 Å². The zero-order valence-corrected chi connectivity index (χ0v) is 27.7. The summed E-state index contributed by atoms with van der Waals surface area (Å²) >= 11 is 1.65. The van der Waals surface area contributed by atoms with Gasteiger partial charge in [0, 0.05) is 37.5 Å². The van der Waals surface area contributed by atoms with E-state index in [4.69, 9.17) is 9.47 Å². The molecule has 3 heterocycles. The van der Waals surface area contributed by atoms with Crippen LogP contribution in [0.5, 0.6) is 0 Å². The van der Waals surface area contributed by atoms with E-state index in [2.05, 4.69) is 31.0 Å². The Hall–Kier alpha value is -4.78. The molecule has 1 aliphatic heterocycles. The van der Waals surface area contributed by atoms with Gasteiger partial charge in [0.05, 0.1) is 30.9 Å². The Bertz CT molecular complexity index is 1780. The fraction of sp³-hybridized carbons (Fsp3) is 0.306. The molecular formula is C36H39N7O4S. The van der Waals surface area contributed by atoms with E-state index >= 15 is 0 Å². The zero-order chi connectivity index (χ0) is 33.3. The summed E-state index contributed by atoms with van der Waals surface area (Å²) in [4.78, 5) is 35.5. The van der Waals surface area contributed by atoms with E-state index in [1.807, 2.05) is 92.0 Å². The van der Waals surface area contributed by atoms with Gasteiger partial charge in [0.15, 0.2) is 5.65 Å². The number of morpholine rings is 1. The number of para-hydroxylation sites is 1. The molecule has 1 fully saturated rings. The van der Waals surface area contributed by atoms with Crippen LogP contribution in [-0.4, -0.2) is 76.0 Å². The van der Waals surface area contributed by atoms with Crippen molar-refractivity contribution in [1.29, 1.82) is 0 Å². The van der Waals surface area contributed by atoms with Crippen LogP contribution in [0.15, 0.2) is 102 Å². The van der Waals surface area contributed by atoms with E-state index in [-0.39, 0.29) is 18.1 Å². The van der Waals surface area contributed by atoms with E-state index < -0.39 is 18.1 Å². The number of ether oxygens (including phenoxy) is 2. The molecule has 1 unspecified atom stereocenters. The number of hydrogen-bond donors (Lipinski definition) is 3. The van der Waals surface area contributed by atoms with Crippen molar-refractivity contribution in [1.82, 2.24) is 30.4 Å². The van der Waals surface area contributed by atoms with Gasteiger partial charge in [-0.1, -0.05) is 78.9 Å². The number of carbonyl (C=O) groups is 2. The summed E-state index contributed by atoms with van der Waals surface area (Å²) in [6.45, 7) is 1.51. The third-order valence-electron chi connectivity index (χ3n) is 8.43. The predicted molar refractivity (Wildman–Crippen MR) is 186 cm³/mol. The molecule has 3 N–H and O–H groups in total. The Labute approximate surface area is 283 Å². The summed E-state index contributed by atoms with van der Waals surface area (Å²) in [5.41, 5.74) is 4.28. The van der Waals surface area contributed by atoms with E-state index in [1.165, 1.54) is 7.11 Å². The van der Waals surface area contributed by atoms with Crippen molar-refractivity contribution in [3.63, 3.8) is 0 Å². The lowest BCUT2D eigenvalue weighted by Gasteiger charge is -2.31. The molecule has 0 spiro atoms. The van der Waals surface area contributed by atoms with E-state index in [1.54, 1.807) is 29.0 Å². The van der Waals surface area contributed by atoms with Crippen LogP contribution in [0.1, 0.15) is 29.0 Å². The number of hydrogen-bond acceptors (Lipinski definition) is 9. The molecule has 248 valence electrons. The van der Waals surface area contributed by atoms with Gasteiger partial charge in [-0.3, -0.25) is 9.48 Å². The lowest BCUT2D eigenvalue weighted by molar-refractivity contribution is -0.118. The molecule has 12 heteroatoms. The van der Waals surface area contributed by atoms with Crippen LogP contribution in [0.4, 0.5) is 10.5 Å². The smallest absolute Gasteiger partial charge is 0.407 e. The first-order chi connectivity index (χ1) is 23.5. The fourth-order valence-electron chi connectivity index (χ4n) is 6.04.